The third-order valence-corrected chi connectivity index (χ3v) is 2.27. The lowest BCUT2D eigenvalue weighted by Crippen LogP contribution is -2.27. The van der Waals surface area contributed by atoms with Gasteiger partial charge < -0.3 is 5.32 Å². The second-order valence-electron chi connectivity index (χ2n) is 3.13. The van der Waals surface area contributed by atoms with Crippen molar-refractivity contribution >= 4 is 21.8 Å². The second-order valence-corrected chi connectivity index (χ2v) is 4.05. The maximum Gasteiger partial charge on any atom is 0.390 e. The van der Waals surface area contributed by atoms with Crippen LogP contribution in [0.25, 0.3) is 0 Å². The zero-order chi connectivity index (χ0) is 12.2. The van der Waals surface area contributed by atoms with Gasteiger partial charge in [0.15, 0.2) is 0 Å². The third-order valence-electron chi connectivity index (χ3n) is 1.78. The molecule has 0 atom stereocenters. The molecule has 6 heteroatoms. The Balaban J connectivity index is 2.47. The SMILES string of the molecule is O=C(NCCC(F)(F)F)c1cccc(Br)c1. The Morgan fingerprint density at radius 3 is 2.62 bits per heavy atom. The van der Waals surface area contributed by atoms with Crippen LogP contribution in [0.3, 0.4) is 0 Å². The molecule has 0 radical (unpaired) electrons. The topological polar surface area (TPSA) is 29.1 Å². The van der Waals surface area contributed by atoms with Crippen LogP contribution >= 0.6 is 15.9 Å². The lowest BCUT2D eigenvalue weighted by Gasteiger charge is -2.07. The minimum absolute atomic E-state index is 0.330. The molecule has 1 aromatic rings. The van der Waals surface area contributed by atoms with E-state index in [2.05, 4.69) is 21.2 Å². The van der Waals surface area contributed by atoms with Crippen molar-refractivity contribution in [2.75, 3.05) is 6.54 Å². The van der Waals surface area contributed by atoms with Crippen LogP contribution in [0.4, 0.5) is 13.2 Å². The normalized spacial score (nSPS) is 11.2. The van der Waals surface area contributed by atoms with Crippen LogP contribution < -0.4 is 5.32 Å². The first-order valence-electron chi connectivity index (χ1n) is 4.49. The fourth-order valence-corrected chi connectivity index (χ4v) is 1.45. The molecule has 0 saturated heterocycles. The molecule has 1 amide bonds. The molecule has 0 aliphatic rings. The van der Waals surface area contributed by atoms with E-state index in [-0.39, 0.29) is 0 Å². The zero-order valence-corrected chi connectivity index (χ0v) is 9.73. The summed E-state index contributed by atoms with van der Waals surface area (Å²) in [6.45, 7) is -0.408. The van der Waals surface area contributed by atoms with Crippen LogP contribution in [0.1, 0.15) is 16.8 Å². The van der Waals surface area contributed by atoms with E-state index >= 15 is 0 Å². The smallest absolute Gasteiger partial charge is 0.352 e. The van der Waals surface area contributed by atoms with Crippen LogP contribution in [-0.4, -0.2) is 18.6 Å². The lowest BCUT2D eigenvalue weighted by molar-refractivity contribution is -0.132. The van der Waals surface area contributed by atoms with Gasteiger partial charge in [0.1, 0.15) is 0 Å². The summed E-state index contributed by atoms with van der Waals surface area (Å²) in [6, 6.07) is 6.45. The Kier molecular flexibility index (Phi) is 4.35. The van der Waals surface area contributed by atoms with E-state index in [9.17, 15) is 18.0 Å². The average molecular weight is 296 g/mol. The Bertz CT molecular complexity index is 379. The first kappa shape index (κ1) is 13.0. The molecule has 0 saturated carbocycles. The van der Waals surface area contributed by atoms with Gasteiger partial charge >= 0.3 is 6.18 Å². The maximum atomic E-state index is 11.8. The van der Waals surface area contributed by atoms with Crippen LogP contribution in [0.2, 0.25) is 0 Å². The predicted octanol–water partition coefficient (Wildman–Crippen LogP) is 3.13. The average Bonchev–Trinajstić information content (AvgIpc) is 2.15. The molecule has 1 rings (SSSR count). The molecule has 0 bridgehead atoms. The summed E-state index contributed by atoms with van der Waals surface area (Å²) in [6.07, 6.45) is -5.27. The number of alkyl halides is 3. The first-order valence-corrected chi connectivity index (χ1v) is 5.28. The highest BCUT2D eigenvalue weighted by molar-refractivity contribution is 9.10. The van der Waals surface area contributed by atoms with Crippen LogP contribution in [-0.2, 0) is 0 Å². The van der Waals surface area contributed by atoms with Crippen molar-refractivity contribution < 1.29 is 18.0 Å². The highest BCUT2D eigenvalue weighted by Crippen LogP contribution is 2.18. The summed E-state index contributed by atoms with van der Waals surface area (Å²) in [5, 5.41) is 2.20. The van der Waals surface area contributed by atoms with Crippen molar-refractivity contribution in [2.24, 2.45) is 0 Å². The quantitative estimate of drug-likeness (QED) is 0.912. The Labute approximate surface area is 99.0 Å². The number of rotatable bonds is 3. The van der Waals surface area contributed by atoms with E-state index in [4.69, 9.17) is 0 Å². The number of amides is 1. The van der Waals surface area contributed by atoms with Crippen molar-refractivity contribution in [3.8, 4) is 0 Å². The van der Waals surface area contributed by atoms with Gasteiger partial charge in [-0.15, -0.1) is 0 Å². The van der Waals surface area contributed by atoms with E-state index in [0.717, 1.165) is 0 Å². The molecule has 88 valence electrons. The summed E-state index contributed by atoms with van der Waals surface area (Å²) in [5.41, 5.74) is 0.330. The fourth-order valence-electron chi connectivity index (χ4n) is 1.05. The standard InChI is InChI=1S/C10H9BrF3NO/c11-8-3-1-2-7(6-8)9(16)15-5-4-10(12,13)14/h1-3,6H,4-5H2,(H,15,16). The van der Waals surface area contributed by atoms with Crippen molar-refractivity contribution in [3.05, 3.63) is 34.3 Å². The summed E-state index contributed by atoms with van der Waals surface area (Å²) >= 11 is 3.17. The highest BCUT2D eigenvalue weighted by Gasteiger charge is 2.26. The molecule has 1 N–H and O–H groups in total. The van der Waals surface area contributed by atoms with Crippen molar-refractivity contribution in [3.63, 3.8) is 0 Å². The number of halogens is 4. The molecule has 0 unspecified atom stereocenters. The van der Waals surface area contributed by atoms with Crippen molar-refractivity contribution in [1.29, 1.82) is 0 Å². The van der Waals surface area contributed by atoms with Gasteiger partial charge in [-0.3, -0.25) is 4.79 Å². The number of hydrogen-bond acceptors (Lipinski definition) is 1. The molecule has 1 aromatic carbocycles. The molecule has 0 fully saturated rings. The van der Waals surface area contributed by atoms with E-state index in [1.807, 2.05) is 0 Å². The Morgan fingerprint density at radius 1 is 1.38 bits per heavy atom. The predicted molar refractivity (Wildman–Crippen MR) is 57.1 cm³/mol. The van der Waals surface area contributed by atoms with Crippen molar-refractivity contribution in [1.82, 2.24) is 5.32 Å². The van der Waals surface area contributed by atoms with Gasteiger partial charge in [-0.2, -0.15) is 13.2 Å². The van der Waals surface area contributed by atoms with E-state index in [1.165, 1.54) is 6.07 Å². The fraction of sp³-hybridized carbons (Fsp3) is 0.300. The van der Waals surface area contributed by atoms with Gasteiger partial charge in [0.05, 0.1) is 6.42 Å². The molecule has 0 heterocycles. The number of carbonyl (C=O) groups is 1. The number of hydrogen-bond donors (Lipinski definition) is 1. The number of benzene rings is 1. The largest absolute Gasteiger partial charge is 0.390 e. The van der Waals surface area contributed by atoms with Crippen LogP contribution in [0.15, 0.2) is 28.7 Å². The zero-order valence-electron chi connectivity index (χ0n) is 8.14. The van der Waals surface area contributed by atoms with Crippen LogP contribution in [0, 0.1) is 0 Å². The number of carbonyl (C=O) groups excluding carboxylic acids is 1. The van der Waals surface area contributed by atoms with Gasteiger partial charge in [-0.25, -0.2) is 0 Å². The summed E-state index contributed by atoms with van der Waals surface area (Å²) in [4.78, 5) is 11.4. The molecule has 0 aliphatic heterocycles. The summed E-state index contributed by atoms with van der Waals surface area (Å²) in [7, 11) is 0. The highest BCUT2D eigenvalue weighted by atomic mass is 79.9. The molecule has 0 aromatic heterocycles. The minimum Gasteiger partial charge on any atom is -0.352 e. The second kappa shape index (κ2) is 5.34. The Hall–Kier alpha value is -1.04. The minimum atomic E-state index is -4.25. The molecule has 0 spiro atoms. The van der Waals surface area contributed by atoms with E-state index in [1.54, 1.807) is 18.2 Å². The molecule has 16 heavy (non-hydrogen) atoms. The lowest BCUT2D eigenvalue weighted by atomic mass is 10.2. The number of nitrogens with one attached hydrogen (secondary N) is 1. The first-order chi connectivity index (χ1) is 7.38. The van der Waals surface area contributed by atoms with Gasteiger partial charge in [-0.05, 0) is 18.2 Å². The summed E-state index contributed by atoms with van der Waals surface area (Å²) in [5.74, 6) is -0.509. The van der Waals surface area contributed by atoms with Gasteiger partial charge in [0.2, 0.25) is 0 Å². The summed E-state index contributed by atoms with van der Waals surface area (Å²) < 4.78 is 36.1. The van der Waals surface area contributed by atoms with Gasteiger partial charge in [0.25, 0.3) is 5.91 Å². The van der Waals surface area contributed by atoms with E-state index in [0.29, 0.717) is 10.0 Å². The third kappa shape index (κ3) is 4.65. The van der Waals surface area contributed by atoms with Crippen LogP contribution in [0.5, 0.6) is 0 Å². The van der Waals surface area contributed by atoms with Gasteiger partial charge in [-0.1, -0.05) is 22.0 Å². The Morgan fingerprint density at radius 2 is 2.06 bits per heavy atom. The maximum absolute atomic E-state index is 11.8. The molecular weight excluding hydrogens is 287 g/mol. The van der Waals surface area contributed by atoms with E-state index < -0.39 is 25.0 Å². The monoisotopic (exact) mass is 295 g/mol. The molecule has 0 aliphatic carbocycles. The molecular formula is C10H9BrF3NO. The van der Waals surface area contributed by atoms with Gasteiger partial charge in [0, 0.05) is 16.6 Å². The van der Waals surface area contributed by atoms with Crippen molar-refractivity contribution in [2.45, 2.75) is 12.6 Å². The molecule has 2 nitrogen and oxygen atoms in total.